The number of amides is 1. The summed E-state index contributed by atoms with van der Waals surface area (Å²) in [5.41, 5.74) is 2.20. The van der Waals surface area contributed by atoms with Gasteiger partial charge in [0.25, 0.3) is 0 Å². The second-order valence-corrected chi connectivity index (χ2v) is 4.06. The molecule has 84 valence electrons. The van der Waals surface area contributed by atoms with E-state index in [1.807, 2.05) is 30.3 Å². The van der Waals surface area contributed by atoms with E-state index in [0.717, 1.165) is 24.2 Å². The third-order valence-corrected chi connectivity index (χ3v) is 2.76. The van der Waals surface area contributed by atoms with Crippen molar-refractivity contribution < 1.29 is 4.79 Å². The molecule has 1 aromatic carbocycles. The fraction of sp³-hybridized carbons (Fsp3) is 0.308. The van der Waals surface area contributed by atoms with Crippen LogP contribution in [-0.2, 0) is 4.79 Å². The summed E-state index contributed by atoms with van der Waals surface area (Å²) in [4.78, 5) is 11.0. The molecule has 0 bridgehead atoms. The number of carbonyl (C=O) groups excluding carboxylic acids is 1. The second kappa shape index (κ2) is 4.94. The lowest BCUT2D eigenvalue weighted by molar-refractivity contribution is -0.119. The van der Waals surface area contributed by atoms with E-state index < -0.39 is 0 Å². The highest BCUT2D eigenvalue weighted by Crippen LogP contribution is 2.11. The van der Waals surface area contributed by atoms with Crippen LogP contribution in [0.25, 0.3) is 5.57 Å². The van der Waals surface area contributed by atoms with E-state index >= 15 is 0 Å². The second-order valence-electron chi connectivity index (χ2n) is 4.06. The normalized spacial score (nSPS) is 19.5. The van der Waals surface area contributed by atoms with Gasteiger partial charge in [-0.2, -0.15) is 0 Å². The van der Waals surface area contributed by atoms with Gasteiger partial charge in [0.15, 0.2) is 0 Å². The average molecular weight is 216 g/mol. The summed E-state index contributed by atoms with van der Waals surface area (Å²) in [7, 11) is 0. The molecule has 0 saturated carbocycles. The van der Waals surface area contributed by atoms with Crippen LogP contribution in [0.3, 0.4) is 0 Å². The highest BCUT2D eigenvalue weighted by Gasteiger charge is 2.20. The molecule has 1 aliphatic heterocycles. The lowest BCUT2D eigenvalue weighted by Crippen LogP contribution is -2.32. The summed E-state index contributed by atoms with van der Waals surface area (Å²) in [6.07, 6.45) is 0.571. The maximum absolute atomic E-state index is 11.0. The molecule has 2 N–H and O–H groups in total. The molecule has 0 aliphatic carbocycles. The third-order valence-electron chi connectivity index (χ3n) is 2.76. The SMILES string of the molecule is C=C(CNC1CNC(=O)C1)c1ccccc1. The van der Waals surface area contributed by atoms with E-state index in [-0.39, 0.29) is 11.9 Å². The molecule has 0 radical (unpaired) electrons. The third kappa shape index (κ3) is 2.70. The standard InChI is InChI=1S/C13H16N2O/c1-10(11-5-3-2-4-6-11)8-14-12-7-13(16)15-9-12/h2-6,12,14H,1,7-9H2,(H,15,16). The largest absolute Gasteiger partial charge is 0.354 e. The van der Waals surface area contributed by atoms with E-state index in [9.17, 15) is 4.79 Å². The number of hydrogen-bond acceptors (Lipinski definition) is 2. The first-order chi connectivity index (χ1) is 7.75. The first kappa shape index (κ1) is 10.9. The minimum Gasteiger partial charge on any atom is -0.354 e. The first-order valence-electron chi connectivity index (χ1n) is 5.49. The first-order valence-corrected chi connectivity index (χ1v) is 5.49. The van der Waals surface area contributed by atoms with Crippen LogP contribution >= 0.6 is 0 Å². The van der Waals surface area contributed by atoms with Crippen molar-refractivity contribution >= 4 is 11.5 Å². The van der Waals surface area contributed by atoms with Crippen LogP contribution in [0.2, 0.25) is 0 Å². The zero-order valence-corrected chi connectivity index (χ0v) is 9.20. The summed E-state index contributed by atoms with van der Waals surface area (Å²) in [6.45, 7) is 5.49. The lowest BCUT2D eigenvalue weighted by atomic mass is 10.1. The smallest absolute Gasteiger partial charge is 0.221 e. The van der Waals surface area contributed by atoms with Gasteiger partial charge in [-0.15, -0.1) is 0 Å². The summed E-state index contributed by atoms with van der Waals surface area (Å²) in [6, 6.07) is 10.3. The Bertz CT molecular complexity index is 386. The van der Waals surface area contributed by atoms with Gasteiger partial charge in [0, 0.05) is 25.6 Å². The van der Waals surface area contributed by atoms with Crippen LogP contribution < -0.4 is 10.6 Å². The highest BCUT2D eigenvalue weighted by molar-refractivity contribution is 5.79. The summed E-state index contributed by atoms with van der Waals surface area (Å²) >= 11 is 0. The topological polar surface area (TPSA) is 41.1 Å². The highest BCUT2D eigenvalue weighted by atomic mass is 16.1. The molecule has 3 heteroatoms. The van der Waals surface area contributed by atoms with Crippen LogP contribution in [-0.4, -0.2) is 25.0 Å². The van der Waals surface area contributed by atoms with Gasteiger partial charge in [0.05, 0.1) is 0 Å². The van der Waals surface area contributed by atoms with Crippen molar-refractivity contribution in [1.29, 1.82) is 0 Å². The minimum absolute atomic E-state index is 0.128. The Labute approximate surface area is 95.6 Å². The molecule has 1 aromatic rings. The number of benzene rings is 1. The van der Waals surface area contributed by atoms with Gasteiger partial charge in [-0.3, -0.25) is 4.79 Å². The van der Waals surface area contributed by atoms with Crippen LogP contribution in [0.4, 0.5) is 0 Å². The molecular weight excluding hydrogens is 200 g/mol. The Kier molecular flexibility index (Phi) is 3.37. The van der Waals surface area contributed by atoms with Gasteiger partial charge < -0.3 is 10.6 Å². The molecule has 1 amide bonds. The maximum atomic E-state index is 11.0. The lowest BCUT2D eigenvalue weighted by Gasteiger charge is -2.12. The van der Waals surface area contributed by atoms with E-state index in [2.05, 4.69) is 17.2 Å². The fourth-order valence-electron chi connectivity index (χ4n) is 1.79. The van der Waals surface area contributed by atoms with Gasteiger partial charge in [0.2, 0.25) is 5.91 Å². The van der Waals surface area contributed by atoms with Crippen LogP contribution in [0.15, 0.2) is 36.9 Å². The van der Waals surface area contributed by atoms with E-state index in [4.69, 9.17) is 0 Å². The summed E-state index contributed by atoms with van der Waals surface area (Å²) < 4.78 is 0. The van der Waals surface area contributed by atoms with Crippen molar-refractivity contribution in [3.05, 3.63) is 42.5 Å². The minimum atomic E-state index is 0.128. The Morgan fingerprint density at radius 2 is 2.19 bits per heavy atom. The molecule has 1 fully saturated rings. The van der Waals surface area contributed by atoms with Crippen LogP contribution in [0.5, 0.6) is 0 Å². The molecule has 1 heterocycles. The Morgan fingerprint density at radius 3 is 2.81 bits per heavy atom. The number of carbonyl (C=O) groups is 1. The van der Waals surface area contributed by atoms with Crippen LogP contribution in [0, 0.1) is 0 Å². The molecule has 0 spiro atoms. The van der Waals surface area contributed by atoms with Crippen molar-refractivity contribution in [1.82, 2.24) is 10.6 Å². The van der Waals surface area contributed by atoms with Crippen molar-refractivity contribution in [2.45, 2.75) is 12.5 Å². The van der Waals surface area contributed by atoms with Crippen molar-refractivity contribution in [3.63, 3.8) is 0 Å². The Balaban J connectivity index is 1.82. The molecule has 1 atom stereocenters. The number of nitrogens with one attached hydrogen (secondary N) is 2. The van der Waals surface area contributed by atoms with Gasteiger partial charge in [0.1, 0.15) is 0 Å². The quantitative estimate of drug-likeness (QED) is 0.793. The predicted molar refractivity (Wildman–Crippen MR) is 64.9 cm³/mol. The molecule has 16 heavy (non-hydrogen) atoms. The van der Waals surface area contributed by atoms with Crippen molar-refractivity contribution in [2.24, 2.45) is 0 Å². The van der Waals surface area contributed by atoms with Crippen LogP contribution in [0.1, 0.15) is 12.0 Å². The van der Waals surface area contributed by atoms with E-state index in [1.54, 1.807) is 0 Å². The average Bonchev–Trinajstić information content (AvgIpc) is 2.73. The number of hydrogen-bond donors (Lipinski definition) is 2. The Morgan fingerprint density at radius 1 is 1.44 bits per heavy atom. The monoisotopic (exact) mass is 216 g/mol. The van der Waals surface area contributed by atoms with Crippen molar-refractivity contribution in [2.75, 3.05) is 13.1 Å². The molecular formula is C13H16N2O. The summed E-state index contributed by atoms with van der Waals surface area (Å²) in [5.74, 6) is 0.128. The van der Waals surface area contributed by atoms with Gasteiger partial charge in [-0.05, 0) is 11.1 Å². The maximum Gasteiger partial charge on any atom is 0.221 e. The van der Waals surface area contributed by atoms with E-state index in [0.29, 0.717) is 6.42 Å². The predicted octanol–water partition coefficient (Wildman–Crippen LogP) is 1.18. The van der Waals surface area contributed by atoms with Gasteiger partial charge in [-0.1, -0.05) is 36.9 Å². The molecule has 1 unspecified atom stereocenters. The molecule has 2 rings (SSSR count). The number of rotatable bonds is 4. The van der Waals surface area contributed by atoms with E-state index in [1.165, 1.54) is 0 Å². The molecule has 1 saturated heterocycles. The van der Waals surface area contributed by atoms with Gasteiger partial charge >= 0.3 is 0 Å². The zero-order chi connectivity index (χ0) is 11.4. The van der Waals surface area contributed by atoms with Gasteiger partial charge in [-0.25, -0.2) is 0 Å². The van der Waals surface area contributed by atoms with Crippen molar-refractivity contribution in [3.8, 4) is 0 Å². The zero-order valence-electron chi connectivity index (χ0n) is 9.20. The molecule has 1 aliphatic rings. The Hall–Kier alpha value is -1.61. The fourth-order valence-corrected chi connectivity index (χ4v) is 1.79. The summed E-state index contributed by atoms with van der Waals surface area (Å²) in [5, 5.41) is 6.13. The molecule has 3 nitrogen and oxygen atoms in total. The molecule has 0 aromatic heterocycles.